The molecule has 0 spiro atoms. The van der Waals surface area contributed by atoms with Crippen LogP contribution in [0.5, 0.6) is 0 Å². The van der Waals surface area contributed by atoms with Gasteiger partial charge in [-0.2, -0.15) is 26.3 Å². The third-order valence-corrected chi connectivity index (χ3v) is 3.94. The number of hydrogen-bond acceptors (Lipinski definition) is 4. The van der Waals surface area contributed by atoms with Crippen LogP contribution in [0.1, 0.15) is 22.8 Å². The van der Waals surface area contributed by atoms with Crippen LogP contribution in [0.25, 0.3) is 0 Å². The summed E-state index contributed by atoms with van der Waals surface area (Å²) in [7, 11) is 0. The summed E-state index contributed by atoms with van der Waals surface area (Å²) in [4.78, 5) is 24.7. The Labute approximate surface area is 171 Å². The molecule has 0 fully saturated rings. The van der Waals surface area contributed by atoms with Crippen LogP contribution in [-0.4, -0.2) is 30.3 Å². The van der Waals surface area contributed by atoms with Crippen molar-refractivity contribution in [2.45, 2.75) is 24.9 Å². The van der Waals surface area contributed by atoms with Gasteiger partial charge in [-0.15, -0.1) is 0 Å². The molecule has 1 unspecified atom stereocenters. The monoisotopic (exact) mass is 452 g/mol. The number of carbonyl (C=O) groups is 2. The number of anilines is 1. The van der Waals surface area contributed by atoms with Crippen LogP contribution < -0.4 is 10.6 Å². The summed E-state index contributed by atoms with van der Waals surface area (Å²) < 4.78 is 98.4. The molecule has 0 heterocycles. The molecular formula is C19H15F7N2O3. The van der Waals surface area contributed by atoms with Crippen LogP contribution in [0.4, 0.5) is 36.4 Å². The number of hydrogen-bond donors (Lipinski definition) is 2. The van der Waals surface area contributed by atoms with Gasteiger partial charge in [0.25, 0.3) is 5.91 Å². The number of benzene rings is 2. The minimum absolute atomic E-state index is 0.337. The van der Waals surface area contributed by atoms with E-state index < -0.39 is 59.1 Å². The van der Waals surface area contributed by atoms with Gasteiger partial charge < -0.3 is 15.4 Å². The average molecular weight is 452 g/mol. The molecule has 0 aliphatic rings. The van der Waals surface area contributed by atoms with Crippen LogP contribution in [0, 0.1) is 5.82 Å². The van der Waals surface area contributed by atoms with Crippen molar-refractivity contribution >= 4 is 17.6 Å². The second kappa shape index (κ2) is 8.82. The zero-order valence-electron chi connectivity index (χ0n) is 15.7. The molecular weight excluding hydrogens is 437 g/mol. The van der Waals surface area contributed by atoms with E-state index in [0.29, 0.717) is 12.1 Å². The molecule has 0 bridgehead atoms. The maximum absolute atomic E-state index is 14.0. The first-order valence-corrected chi connectivity index (χ1v) is 8.57. The van der Waals surface area contributed by atoms with E-state index in [4.69, 9.17) is 0 Å². The van der Waals surface area contributed by atoms with Crippen LogP contribution >= 0.6 is 0 Å². The molecule has 0 aromatic heterocycles. The van der Waals surface area contributed by atoms with Crippen molar-refractivity contribution in [2.24, 2.45) is 0 Å². The lowest BCUT2D eigenvalue weighted by Crippen LogP contribution is -2.69. The van der Waals surface area contributed by atoms with Gasteiger partial charge in [-0.3, -0.25) is 4.79 Å². The van der Waals surface area contributed by atoms with Crippen molar-refractivity contribution in [2.75, 3.05) is 11.9 Å². The van der Waals surface area contributed by atoms with Gasteiger partial charge in [0.1, 0.15) is 5.82 Å². The lowest BCUT2D eigenvalue weighted by molar-refractivity contribution is -0.204. The number of esters is 1. The maximum atomic E-state index is 14.0. The predicted molar refractivity (Wildman–Crippen MR) is 94.4 cm³/mol. The molecule has 2 aromatic carbocycles. The SMILES string of the molecule is CCOC(=O)C(NC(=O)c1ccc(F)cc1)(Nc1cccc(C(F)(F)F)c1)C(F)(F)F. The molecule has 168 valence electrons. The first kappa shape index (κ1) is 24.0. The van der Waals surface area contributed by atoms with Gasteiger partial charge in [0, 0.05) is 11.3 Å². The Kier molecular flexibility index (Phi) is 6.82. The Morgan fingerprint density at radius 1 is 0.968 bits per heavy atom. The van der Waals surface area contributed by atoms with E-state index in [2.05, 4.69) is 4.74 Å². The van der Waals surface area contributed by atoms with Crippen LogP contribution in [0.15, 0.2) is 48.5 Å². The number of amides is 1. The Bertz CT molecular complexity index is 943. The summed E-state index contributed by atoms with van der Waals surface area (Å²) in [6.07, 6.45) is -10.4. The molecule has 0 saturated heterocycles. The molecule has 2 rings (SSSR count). The van der Waals surface area contributed by atoms with Gasteiger partial charge in [0.2, 0.25) is 0 Å². The molecule has 0 saturated carbocycles. The van der Waals surface area contributed by atoms with Gasteiger partial charge in [-0.25, -0.2) is 9.18 Å². The molecule has 2 aromatic rings. The van der Waals surface area contributed by atoms with Crippen LogP contribution in [0.3, 0.4) is 0 Å². The zero-order chi connectivity index (χ0) is 23.4. The van der Waals surface area contributed by atoms with Gasteiger partial charge in [-0.05, 0) is 49.4 Å². The Hall–Kier alpha value is -3.31. The summed E-state index contributed by atoms with van der Waals surface area (Å²) in [5.74, 6) is -4.23. The maximum Gasteiger partial charge on any atom is 0.441 e. The second-order valence-electron chi connectivity index (χ2n) is 6.13. The number of ether oxygens (including phenoxy) is 1. The fraction of sp³-hybridized carbons (Fsp3) is 0.263. The van der Waals surface area contributed by atoms with E-state index in [9.17, 15) is 40.3 Å². The van der Waals surface area contributed by atoms with Gasteiger partial charge >= 0.3 is 24.0 Å². The Morgan fingerprint density at radius 3 is 2.10 bits per heavy atom. The highest BCUT2D eigenvalue weighted by Gasteiger charge is 2.63. The number of carbonyl (C=O) groups excluding carboxylic acids is 2. The molecule has 31 heavy (non-hydrogen) atoms. The van der Waals surface area contributed by atoms with E-state index in [-0.39, 0.29) is 0 Å². The molecule has 0 aliphatic heterocycles. The van der Waals surface area contributed by atoms with Crippen molar-refractivity contribution in [1.82, 2.24) is 5.32 Å². The van der Waals surface area contributed by atoms with E-state index in [0.717, 1.165) is 36.4 Å². The predicted octanol–water partition coefficient (Wildman–Crippen LogP) is 4.51. The number of nitrogens with one attached hydrogen (secondary N) is 2. The topological polar surface area (TPSA) is 67.4 Å². The molecule has 0 radical (unpaired) electrons. The summed E-state index contributed by atoms with van der Waals surface area (Å²) in [6.45, 7) is 0.679. The number of rotatable bonds is 6. The van der Waals surface area contributed by atoms with Gasteiger partial charge in [-0.1, -0.05) is 6.07 Å². The lowest BCUT2D eigenvalue weighted by Gasteiger charge is -2.35. The number of alkyl halides is 6. The molecule has 12 heteroatoms. The number of halogens is 7. The van der Waals surface area contributed by atoms with Crippen molar-refractivity contribution in [1.29, 1.82) is 0 Å². The second-order valence-corrected chi connectivity index (χ2v) is 6.13. The first-order valence-electron chi connectivity index (χ1n) is 8.57. The van der Waals surface area contributed by atoms with Crippen LogP contribution in [-0.2, 0) is 15.7 Å². The summed E-state index contributed by atoms with van der Waals surface area (Å²) in [6, 6.07) is 5.94. The molecule has 2 N–H and O–H groups in total. The standard InChI is InChI=1S/C19H15F7N2O3/c1-2-31-16(30)17(19(24,25)26,28-15(29)11-6-8-13(20)9-7-11)27-14-5-3-4-12(10-14)18(21,22)23/h3-10,27H,2H2,1H3,(H,28,29). The highest BCUT2D eigenvalue weighted by Crippen LogP contribution is 2.36. The quantitative estimate of drug-likeness (QED) is 0.385. The highest BCUT2D eigenvalue weighted by atomic mass is 19.4. The summed E-state index contributed by atoms with van der Waals surface area (Å²) >= 11 is 0. The molecule has 5 nitrogen and oxygen atoms in total. The largest absolute Gasteiger partial charge is 0.463 e. The van der Waals surface area contributed by atoms with Crippen molar-refractivity contribution < 1.29 is 45.1 Å². The molecule has 0 aliphatic carbocycles. The molecule has 1 amide bonds. The first-order chi connectivity index (χ1) is 14.3. The minimum atomic E-state index is -5.55. The Morgan fingerprint density at radius 2 is 1.58 bits per heavy atom. The third-order valence-electron chi connectivity index (χ3n) is 3.94. The lowest BCUT2D eigenvalue weighted by atomic mass is 10.1. The highest BCUT2D eigenvalue weighted by molar-refractivity contribution is 5.99. The average Bonchev–Trinajstić information content (AvgIpc) is 2.66. The normalized spacial score (nSPS) is 13.8. The smallest absolute Gasteiger partial charge is 0.441 e. The van der Waals surface area contributed by atoms with E-state index in [1.807, 2.05) is 0 Å². The fourth-order valence-corrected chi connectivity index (χ4v) is 2.46. The summed E-state index contributed by atoms with van der Waals surface area (Å²) in [5, 5.41) is 3.08. The van der Waals surface area contributed by atoms with Crippen molar-refractivity contribution in [3.63, 3.8) is 0 Å². The van der Waals surface area contributed by atoms with Crippen molar-refractivity contribution in [3.05, 3.63) is 65.5 Å². The van der Waals surface area contributed by atoms with Gasteiger partial charge in [0.05, 0.1) is 12.2 Å². The molecule has 1 atom stereocenters. The Balaban J connectivity index is 2.54. The van der Waals surface area contributed by atoms with E-state index in [1.165, 1.54) is 12.2 Å². The van der Waals surface area contributed by atoms with Crippen LogP contribution in [0.2, 0.25) is 0 Å². The third kappa shape index (κ3) is 5.44. The van der Waals surface area contributed by atoms with E-state index in [1.54, 1.807) is 5.32 Å². The van der Waals surface area contributed by atoms with Gasteiger partial charge in [0.15, 0.2) is 0 Å². The summed E-state index contributed by atoms with van der Waals surface area (Å²) in [5.41, 5.74) is -6.43. The van der Waals surface area contributed by atoms with Crippen molar-refractivity contribution in [3.8, 4) is 0 Å². The fourth-order valence-electron chi connectivity index (χ4n) is 2.46. The van der Waals surface area contributed by atoms with E-state index >= 15 is 0 Å². The zero-order valence-corrected chi connectivity index (χ0v) is 15.7. The minimum Gasteiger partial charge on any atom is -0.463 e.